The van der Waals surface area contributed by atoms with Gasteiger partial charge in [-0.05, 0) is 39.5 Å². The van der Waals surface area contributed by atoms with Crippen molar-refractivity contribution in [2.75, 3.05) is 17.2 Å². The molecule has 0 aliphatic heterocycles. The summed E-state index contributed by atoms with van der Waals surface area (Å²) in [5, 5.41) is 7.00. The first kappa shape index (κ1) is 15.1. The van der Waals surface area contributed by atoms with E-state index >= 15 is 0 Å². The summed E-state index contributed by atoms with van der Waals surface area (Å²) in [7, 11) is 0. The van der Waals surface area contributed by atoms with Crippen LogP contribution in [0.1, 0.15) is 70.2 Å². The van der Waals surface area contributed by atoms with Crippen LogP contribution in [0.15, 0.2) is 0 Å². The fourth-order valence-electron chi connectivity index (χ4n) is 2.46. The fourth-order valence-corrected chi connectivity index (χ4v) is 2.46. The lowest BCUT2D eigenvalue weighted by Crippen LogP contribution is -2.21. The van der Waals surface area contributed by atoms with E-state index in [1.54, 1.807) is 0 Å². The highest BCUT2D eigenvalue weighted by Crippen LogP contribution is 2.39. The average molecular weight is 276 g/mol. The first-order valence-electron chi connectivity index (χ1n) is 8.08. The largest absolute Gasteiger partial charge is 0.370 e. The molecule has 0 aromatic carbocycles. The summed E-state index contributed by atoms with van der Waals surface area (Å²) in [5.74, 6) is 3.62. The van der Waals surface area contributed by atoms with Gasteiger partial charge in [-0.15, -0.1) is 0 Å². The Labute approximate surface area is 122 Å². The third-order valence-corrected chi connectivity index (χ3v) is 3.92. The number of aromatic nitrogens is 2. The van der Waals surface area contributed by atoms with Crippen molar-refractivity contribution in [2.24, 2.45) is 0 Å². The Morgan fingerprint density at radius 2 is 1.85 bits per heavy atom. The molecule has 0 amide bonds. The highest BCUT2D eigenvalue weighted by atomic mass is 15.1. The van der Waals surface area contributed by atoms with Crippen molar-refractivity contribution in [3.05, 3.63) is 11.4 Å². The minimum absolute atomic E-state index is 0.509. The smallest absolute Gasteiger partial charge is 0.136 e. The van der Waals surface area contributed by atoms with Crippen molar-refractivity contribution in [1.82, 2.24) is 9.97 Å². The maximum atomic E-state index is 4.78. The van der Waals surface area contributed by atoms with Gasteiger partial charge in [0, 0.05) is 24.1 Å². The van der Waals surface area contributed by atoms with Crippen molar-refractivity contribution < 1.29 is 0 Å². The van der Waals surface area contributed by atoms with E-state index in [0.29, 0.717) is 12.0 Å². The molecule has 2 rings (SSSR count). The zero-order valence-corrected chi connectivity index (χ0v) is 13.3. The van der Waals surface area contributed by atoms with E-state index in [0.717, 1.165) is 36.0 Å². The Morgan fingerprint density at radius 3 is 2.40 bits per heavy atom. The summed E-state index contributed by atoms with van der Waals surface area (Å²) in [5.41, 5.74) is 1.14. The molecule has 0 spiro atoms. The first-order chi connectivity index (χ1) is 9.69. The second kappa shape index (κ2) is 6.91. The van der Waals surface area contributed by atoms with E-state index in [9.17, 15) is 0 Å². The van der Waals surface area contributed by atoms with Gasteiger partial charge in [-0.3, -0.25) is 0 Å². The molecule has 0 bridgehead atoms. The summed E-state index contributed by atoms with van der Waals surface area (Å²) >= 11 is 0. The first-order valence-corrected chi connectivity index (χ1v) is 8.08. The van der Waals surface area contributed by atoms with Crippen LogP contribution in [0.4, 0.5) is 11.6 Å². The summed E-state index contributed by atoms with van der Waals surface area (Å²) in [6.07, 6.45) is 5.99. The second-order valence-electron chi connectivity index (χ2n) is 5.75. The number of rotatable bonds is 8. The Balaban J connectivity index is 2.24. The summed E-state index contributed by atoms with van der Waals surface area (Å²) in [4.78, 5) is 9.49. The van der Waals surface area contributed by atoms with Crippen molar-refractivity contribution in [3.8, 4) is 0 Å². The Hall–Kier alpha value is -1.32. The van der Waals surface area contributed by atoms with Crippen LogP contribution in [0.5, 0.6) is 0 Å². The zero-order valence-electron chi connectivity index (χ0n) is 13.3. The van der Waals surface area contributed by atoms with E-state index < -0.39 is 0 Å². The molecule has 1 heterocycles. The lowest BCUT2D eigenvalue weighted by atomic mass is 10.1. The van der Waals surface area contributed by atoms with E-state index in [2.05, 4.69) is 38.3 Å². The second-order valence-corrected chi connectivity index (χ2v) is 5.75. The number of anilines is 2. The lowest BCUT2D eigenvalue weighted by molar-refractivity contribution is 0.619. The van der Waals surface area contributed by atoms with E-state index in [-0.39, 0.29) is 0 Å². The summed E-state index contributed by atoms with van der Waals surface area (Å²) in [6, 6.07) is 0.509. The molecule has 1 saturated carbocycles. The standard InChI is InChI=1S/C16H28N4/c1-5-8-13(6-2)18-15-11(4)14(17-7-3)19-16(20-15)12-9-10-12/h12-13H,5-10H2,1-4H3,(H2,17,18,19,20). The van der Waals surface area contributed by atoms with Crippen LogP contribution in [0.25, 0.3) is 0 Å². The van der Waals surface area contributed by atoms with E-state index in [1.165, 1.54) is 25.7 Å². The molecule has 1 aliphatic carbocycles. The SMILES string of the molecule is CCCC(CC)Nc1nc(C2CC2)nc(NCC)c1C. The molecule has 1 unspecified atom stereocenters. The molecule has 2 N–H and O–H groups in total. The monoisotopic (exact) mass is 276 g/mol. The van der Waals surface area contributed by atoms with Crippen LogP contribution in [0.3, 0.4) is 0 Å². The summed E-state index contributed by atoms with van der Waals surface area (Å²) in [6.45, 7) is 9.58. The molecule has 1 atom stereocenters. The quantitative estimate of drug-likeness (QED) is 0.751. The molecule has 0 saturated heterocycles. The molecule has 1 aromatic heterocycles. The number of hydrogen-bond donors (Lipinski definition) is 2. The predicted molar refractivity (Wildman–Crippen MR) is 85.5 cm³/mol. The van der Waals surface area contributed by atoms with Gasteiger partial charge >= 0.3 is 0 Å². The van der Waals surface area contributed by atoms with Gasteiger partial charge in [0.05, 0.1) is 0 Å². The third kappa shape index (κ3) is 3.62. The third-order valence-electron chi connectivity index (χ3n) is 3.92. The number of nitrogens with zero attached hydrogens (tertiary/aromatic N) is 2. The minimum Gasteiger partial charge on any atom is -0.370 e. The maximum absolute atomic E-state index is 4.78. The highest BCUT2D eigenvalue weighted by Gasteiger charge is 2.28. The highest BCUT2D eigenvalue weighted by molar-refractivity contribution is 5.58. The van der Waals surface area contributed by atoms with Gasteiger partial charge in [-0.2, -0.15) is 0 Å². The molecular formula is C16H28N4. The van der Waals surface area contributed by atoms with Gasteiger partial charge in [0.15, 0.2) is 0 Å². The van der Waals surface area contributed by atoms with Crippen LogP contribution >= 0.6 is 0 Å². The topological polar surface area (TPSA) is 49.8 Å². The maximum Gasteiger partial charge on any atom is 0.136 e. The predicted octanol–water partition coefficient (Wildman–Crippen LogP) is 4.08. The molecular weight excluding hydrogens is 248 g/mol. The molecule has 1 aromatic rings. The summed E-state index contributed by atoms with van der Waals surface area (Å²) < 4.78 is 0. The van der Waals surface area contributed by atoms with Crippen LogP contribution in [0, 0.1) is 6.92 Å². The van der Waals surface area contributed by atoms with Crippen molar-refractivity contribution in [3.63, 3.8) is 0 Å². The number of nitrogens with one attached hydrogen (secondary N) is 2. The minimum atomic E-state index is 0.509. The molecule has 4 nitrogen and oxygen atoms in total. The van der Waals surface area contributed by atoms with Crippen LogP contribution in [-0.2, 0) is 0 Å². The van der Waals surface area contributed by atoms with Gasteiger partial charge in [0.25, 0.3) is 0 Å². The van der Waals surface area contributed by atoms with Crippen LogP contribution in [0.2, 0.25) is 0 Å². The van der Waals surface area contributed by atoms with Crippen molar-refractivity contribution >= 4 is 11.6 Å². The number of hydrogen-bond acceptors (Lipinski definition) is 4. The fraction of sp³-hybridized carbons (Fsp3) is 0.750. The molecule has 112 valence electrons. The van der Waals surface area contributed by atoms with Gasteiger partial charge in [-0.1, -0.05) is 20.3 Å². The van der Waals surface area contributed by atoms with Crippen molar-refractivity contribution in [1.29, 1.82) is 0 Å². The lowest BCUT2D eigenvalue weighted by Gasteiger charge is -2.20. The Kier molecular flexibility index (Phi) is 5.21. The Bertz CT molecular complexity index is 440. The Morgan fingerprint density at radius 1 is 1.15 bits per heavy atom. The zero-order chi connectivity index (χ0) is 14.5. The van der Waals surface area contributed by atoms with Gasteiger partial charge in [0.2, 0.25) is 0 Å². The molecule has 1 fully saturated rings. The molecule has 1 aliphatic rings. The normalized spacial score (nSPS) is 16.0. The van der Waals surface area contributed by atoms with Crippen LogP contribution < -0.4 is 10.6 Å². The van der Waals surface area contributed by atoms with Gasteiger partial charge < -0.3 is 10.6 Å². The van der Waals surface area contributed by atoms with Gasteiger partial charge in [-0.25, -0.2) is 9.97 Å². The average Bonchev–Trinajstić information content (AvgIpc) is 3.27. The van der Waals surface area contributed by atoms with E-state index in [4.69, 9.17) is 9.97 Å². The van der Waals surface area contributed by atoms with Crippen molar-refractivity contribution in [2.45, 2.75) is 71.8 Å². The molecule has 4 heteroatoms. The van der Waals surface area contributed by atoms with Gasteiger partial charge in [0.1, 0.15) is 17.5 Å². The molecule has 0 radical (unpaired) electrons. The van der Waals surface area contributed by atoms with Crippen LogP contribution in [-0.4, -0.2) is 22.6 Å². The molecule has 20 heavy (non-hydrogen) atoms. The van der Waals surface area contributed by atoms with E-state index in [1.807, 2.05) is 0 Å².